The molecule has 0 saturated carbocycles. The number of rotatable bonds is 5. The highest BCUT2D eigenvalue weighted by atomic mass is 16.5. The van der Waals surface area contributed by atoms with Crippen LogP contribution in [0.3, 0.4) is 0 Å². The third kappa shape index (κ3) is 3.54. The predicted molar refractivity (Wildman–Crippen MR) is 101 cm³/mol. The molecule has 1 aromatic heterocycles. The van der Waals surface area contributed by atoms with Crippen LogP contribution in [0.5, 0.6) is 11.5 Å². The smallest absolute Gasteiger partial charge is 0.340 e. The quantitative estimate of drug-likeness (QED) is 0.780. The Morgan fingerprint density at radius 3 is 2.68 bits per heavy atom. The minimum Gasteiger partial charge on any atom is -0.493 e. The molecule has 2 aromatic rings. The van der Waals surface area contributed by atoms with Gasteiger partial charge in [-0.3, -0.25) is 9.59 Å². The number of methoxy groups -OCH3 is 2. The van der Waals surface area contributed by atoms with Gasteiger partial charge in [-0.25, -0.2) is 4.79 Å². The molecule has 1 amide bonds. The van der Waals surface area contributed by atoms with Crippen molar-refractivity contribution >= 4 is 22.8 Å². The number of likely N-dealkylation sites (tertiary alicyclic amines) is 1. The van der Waals surface area contributed by atoms with Crippen LogP contribution in [0.2, 0.25) is 0 Å². The summed E-state index contributed by atoms with van der Waals surface area (Å²) in [5.74, 6) is -0.988. The van der Waals surface area contributed by atoms with E-state index < -0.39 is 17.5 Å². The van der Waals surface area contributed by atoms with E-state index in [0.717, 1.165) is 0 Å². The van der Waals surface area contributed by atoms with Crippen molar-refractivity contribution in [2.75, 3.05) is 27.3 Å². The monoisotopic (exact) mass is 389 g/mol. The van der Waals surface area contributed by atoms with Gasteiger partial charge in [-0.05, 0) is 37.5 Å². The number of hydrogen-bond acceptors (Lipinski definition) is 6. The molecule has 1 aromatic carbocycles. The minimum atomic E-state index is -0.903. The van der Waals surface area contributed by atoms with Gasteiger partial charge >= 0.3 is 11.6 Å². The molecule has 0 bridgehead atoms. The fourth-order valence-electron chi connectivity index (χ4n) is 3.64. The van der Waals surface area contributed by atoms with Crippen LogP contribution in [0.15, 0.2) is 21.3 Å². The number of nitrogens with zero attached hydrogens (tertiary/aromatic N) is 1. The predicted octanol–water partition coefficient (Wildman–Crippen LogP) is 1.98. The molecule has 1 aliphatic rings. The van der Waals surface area contributed by atoms with E-state index in [1.807, 2.05) is 0 Å². The van der Waals surface area contributed by atoms with Crippen molar-refractivity contribution in [1.29, 1.82) is 0 Å². The Morgan fingerprint density at radius 2 is 2.04 bits per heavy atom. The fourth-order valence-corrected chi connectivity index (χ4v) is 3.64. The second-order valence-corrected chi connectivity index (χ2v) is 6.86. The summed E-state index contributed by atoms with van der Waals surface area (Å²) in [5, 5.41) is 9.86. The van der Waals surface area contributed by atoms with Crippen molar-refractivity contribution in [3.63, 3.8) is 0 Å². The number of hydrogen-bond donors (Lipinski definition) is 1. The molecule has 8 heteroatoms. The Balaban J connectivity index is 1.94. The zero-order valence-electron chi connectivity index (χ0n) is 16.1. The van der Waals surface area contributed by atoms with E-state index in [9.17, 15) is 19.5 Å². The van der Waals surface area contributed by atoms with Crippen LogP contribution in [-0.2, 0) is 16.0 Å². The molecule has 1 atom stereocenters. The highest BCUT2D eigenvalue weighted by Crippen LogP contribution is 2.36. The number of carbonyl (C=O) groups excluding carboxylic acids is 1. The Kier molecular flexibility index (Phi) is 5.58. The first-order chi connectivity index (χ1) is 13.4. The molecule has 0 aliphatic carbocycles. The Labute approximate surface area is 161 Å². The molecule has 0 spiro atoms. The number of benzene rings is 1. The fraction of sp³-hybridized carbons (Fsp3) is 0.450. The van der Waals surface area contributed by atoms with Crippen molar-refractivity contribution in [1.82, 2.24) is 4.90 Å². The number of carbonyl (C=O) groups is 2. The van der Waals surface area contributed by atoms with Gasteiger partial charge in [-0.15, -0.1) is 0 Å². The maximum atomic E-state index is 12.7. The summed E-state index contributed by atoms with van der Waals surface area (Å²) in [6, 6.07) is 3.46. The summed E-state index contributed by atoms with van der Waals surface area (Å²) in [6.45, 7) is 2.41. The molecule has 1 N–H and O–H groups in total. The van der Waals surface area contributed by atoms with Gasteiger partial charge in [0.25, 0.3) is 0 Å². The summed E-state index contributed by atoms with van der Waals surface area (Å²) >= 11 is 0. The Hall–Kier alpha value is -3.03. The summed E-state index contributed by atoms with van der Waals surface area (Å²) in [4.78, 5) is 38.0. The number of amides is 1. The number of aliphatic carboxylic acids is 1. The van der Waals surface area contributed by atoms with E-state index in [0.29, 0.717) is 41.8 Å². The SMILES string of the molecule is COc1ccc2c(C)c(CC(=O)N3CCC[C@H](C(=O)O)C3)c(=O)oc2c1OC. The van der Waals surface area contributed by atoms with Crippen LogP contribution >= 0.6 is 0 Å². The van der Waals surface area contributed by atoms with Gasteiger partial charge in [0, 0.05) is 18.5 Å². The first-order valence-corrected chi connectivity index (χ1v) is 9.05. The van der Waals surface area contributed by atoms with Gasteiger partial charge in [0.05, 0.1) is 32.1 Å². The van der Waals surface area contributed by atoms with E-state index in [1.165, 1.54) is 19.1 Å². The molecule has 1 fully saturated rings. The molecular formula is C20H23NO7. The lowest BCUT2D eigenvalue weighted by atomic mass is 9.97. The zero-order valence-corrected chi connectivity index (χ0v) is 16.1. The van der Waals surface area contributed by atoms with Gasteiger partial charge in [-0.1, -0.05) is 0 Å². The van der Waals surface area contributed by atoms with E-state index in [-0.39, 0.29) is 30.0 Å². The van der Waals surface area contributed by atoms with Gasteiger partial charge < -0.3 is 23.9 Å². The molecule has 0 radical (unpaired) electrons. The number of aryl methyl sites for hydroxylation is 1. The molecule has 8 nitrogen and oxygen atoms in total. The average Bonchev–Trinajstić information content (AvgIpc) is 2.70. The molecule has 1 saturated heterocycles. The van der Waals surface area contributed by atoms with Crippen molar-refractivity contribution in [3.8, 4) is 11.5 Å². The number of piperidine rings is 1. The lowest BCUT2D eigenvalue weighted by Gasteiger charge is -2.30. The van der Waals surface area contributed by atoms with Crippen LogP contribution in [0.4, 0.5) is 0 Å². The van der Waals surface area contributed by atoms with E-state index >= 15 is 0 Å². The first-order valence-electron chi connectivity index (χ1n) is 9.05. The molecule has 3 rings (SSSR count). The van der Waals surface area contributed by atoms with Crippen LogP contribution in [0.25, 0.3) is 11.0 Å². The molecule has 150 valence electrons. The summed E-state index contributed by atoms with van der Waals surface area (Å²) in [5.41, 5.74) is 0.552. The summed E-state index contributed by atoms with van der Waals surface area (Å²) in [7, 11) is 2.95. The van der Waals surface area contributed by atoms with Crippen LogP contribution in [-0.4, -0.2) is 49.2 Å². The summed E-state index contributed by atoms with van der Waals surface area (Å²) < 4.78 is 16.0. The van der Waals surface area contributed by atoms with Gasteiger partial charge in [0.2, 0.25) is 11.7 Å². The topological polar surface area (TPSA) is 106 Å². The van der Waals surface area contributed by atoms with Crippen molar-refractivity contribution in [2.45, 2.75) is 26.2 Å². The second-order valence-electron chi connectivity index (χ2n) is 6.86. The normalized spacial score (nSPS) is 16.8. The van der Waals surface area contributed by atoms with E-state index in [1.54, 1.807) is 19.1 Å². The van der Waals surface area contributed by atoms with E-state index in [2.05, 4.69) is 0 Å². The first kappa shape index (κ1) is 19.7. The van der Waals surface area contributed by atoms with Gasteiger partial charge in [0.1, 0.15) is 0 Å². The molecule has 28 heavy (non-hydrogen) atoms. The zero-order chi connectivity index (χ0) is 20.4. The lowest BCUT2D eigenvalue weighted by molar-refractivity contribution is -0.145. The molecule has 0 unspecified atom stereocenters. The standard InChI is InChI=1S/C20H23NO7/c1-11-13-6-7-15(26-2)18(27-3)17(13)28-20(25)14(11)9-16(22)21-8-4-5-12(10-21)19(23)24/h6-7,12H,4-5,8-10H2,1-3H3,(H,23,24)/t12-/m0/s1. The van der Waals surface area contributed by atoms with Crippen molar-refractivity contribution in [2.24, 2.45) is 5.92 Å². The van der Waals surface area contributed by atoms with Crippen LogP contribution in [0.1, 0.15) is 24.0 Å². The van der Waals surface area contributed by atoms with E-state index in [4.69, 9.17) is 13.9 Å². The summed E-state index contributed by atoms with van der Waals surface area (Å²) in [6.07, 6.45) is 1.05. The average molecular weight is 389 g/mol. The lowest BCUT2D eigenvalue weighted by Crippen LogP contribution is -2.43. The molecular weight excluding hydrogens is 366 g/mol. The van der Waals surface area contributed by atoms with Gasteiger partial charge in [-0.2, -0.15) is 0 Å². The highest BCUT2D eigenvalue weighted by molar-refractivity contribution is 5.90. The Bertz CT molecular complexity index is 979. The second kappa shape index (κ2) is 7.92. The maximum Gasteiger partial charge on any atom is 0.340 e. The van der Waals surface area contributed by atoms with Crippen LogP contribution in [0, 0.1) is 12.8 Å². The number of carboxylic acids is 1. The molecule has 1 aliphatic heterocycles. The van der Waals surface area contributed by atoms with Crippen molar-refractivity contribution < 1.29 is 28.6 Å². The number of carboxylic acid groups (broad SMARTS) is 1. The third-order valence-corrected chi connectivity index (χ3v) is 5.25. The number of ether oxygens (including phenoxy) is 2. The highest BCUT2D eigenvalue weighted by Gasteiger charge is 2.29. The minimum absolute atomic E-state index is 0.134. The third-order valence-electron chi connectivity index (χ3n) is 5.25. The van der Waals surface area contributed by atoms with Crippen molar-refractivity contribution in [3.05, 3.63) is 33.7 Å². The largest absolute Gasteiger partial charge is 0.493 e. The van der Waals surface area contributed by atoms with Crippen LogP contribution < -0.4 is 15.1 Å². The Morgan fingerprint density at radius 1 is 1.29 bits per heavy atom. The number of fused-ring (bicyclic) bond motifs is 1. The van der Waals surface area contributed by atoms with Gasteiger partial charge in [0.15, 0.2) is 11.3 Å². The maximum absolute atomic E-state index is 12.7. The molecule has 2 heterocycles.